The highest BCUT2D eigenvalue weighted by Crippen LogP contribution is 2.63. The third kappa shape index (κ3) is 6.88. The lowest BCUT2D eigenvalue weighted by Gasteiger charge is -2.28. The van der Waals surface area contributed by atoms with Crippen molar-refractivity contribution in [3.8, 4) is 11.5 Å². The lowest BCUT2D eigenvalue weighted by molar-refractivity contribution is -0.139. The first-order valence-electron chi connectivity index (χ1n) is 14.0. The van der Waals surface area contributed by atoms with Gasteiger partial charge in [0.05, 0.1) is 13.1 Å². The summed E-state index contributed by atoms with van der Waals surface area (Å²) < 4.78 is 5.56. The zero-order valence-corrected chi connectivity index (χ0v) is 25.5. The summed E-state index contributed by atoms with van der Waals surface area (Å²) in [4.78, 5) is 42.9. The first-order chi connectivity index (χ1) is 20.2. The highest BCUT2D eigenvalue weighted by atomic mass is 32.1. The molecule has 1 aromatic heterocycles. The molecule has 1 aliphatic heterocycles. The minimum atomic E-state index is -0.374. The minimum Gasteiger partial charge on any atom is -0.457 e. The molecule has 222 valence electrons. The van der Waals surface area contributed by atoms with E-state index in [0.29, 0.717) is 18.0 Å². The predicted octanol–water partition coefficient (Wildman–Crippen LogP) is 4.10. The van der Waals surface area contributed by atoms with Crippen LogP contribution in [0.3, 0.4) is 0 Å². The number of amidine groups is 1. The molecular weight excluding hydrogens is 550 g/mol. The van der Waals surface area contributed by atoms with Crippen molar-refractivity contribution in [3.05, 3.63) is 82.0 Å². The van der Waals surface area contributed by atoms with Crippen molar-refractivity contribution in [1.29, 1.82) is 0 Å². The number of ether oxygens (including phenoxy) is 1. The monoisotopic (exact) mass is 589 g/mol. The van der Waals surface area contributed by atoms with Crippen molar-refractivity contribution in [2.24, 2.45) is 16.3 Å². The van der Waals surface area contributed by atoms with E-state index in [1.165, 1.54) is 0 Å². The molecule has 0 bridgehead atoms. The fourth-order valence-electron chi connectivity index (χ4n) is 5.65. The Kier molecular flexibility index (Phi) is 10.1. The van der Waals surface area contributed by atoms with E-state index in [1.54, 1.807) is 49.7 Å². The number of aldehydes is 1. The number of nitrogens with one attached hydrogen (secondary N) is 3. The van der Waals surface area contributed by atoms with Crippen molar-refractivity contribution in [1.82, 2.24) is 20.9 Å². The van der Waals surface area contributed by atoms with Gasteiger partial charge in [0.15, 0.2) is 0 Å². The number of carbonyl (C=O) groups excluding carboxylic acids is 3. The van der Waals surface area contributed by atoms with Gasteiger partial charge in [0.2, 0.25) is 11.8 Å². The van der Waals surface area contributed by atoms with E-state index in [-0.39, 0.29) is 35.9 Å². The lowest BCUT2D eigenvalue weighted by Crippen LogP contribution is -2.50. The van der Waals surface area contributed by atoms with Crippen LogP contribution in [-0.4, -0.2) is 68.6 Å². The highest BCUT2D eigenvalue weighted by Gasteiger charge is 2.69. The number of rotatable bonds is 9. The molecule has 1 saturated heterocycles. The smallest absolute Gasteiger partial charge is 0.243 e. The molecule has 3 N–H and O–H groups in total. The average molecular weight is 590 g/mol. The van der Waals surface area contributed by atoms with Crippen LogP contribution in [0.5, 0.6) is 11.5 Å². The molecule has 2 heterocycles. The van der Waals surface area contributed by atoms with Crippen molar-refractivity contribution in [2.75, 3.05) is 27.7 Å². The number of para-hydroxylation sites is 1. The minimum absolute atomic E-state index is 0.00644. The summed E-state index contributed by atoms with van der Waals surface area (Å²) in [6.45, 7) is 5.08. The molecule has 3 unspecified atom stereocenters. The number of amides is 2. The zero-order chi connectivity index (χ0) is 30.3. The number of likely N-dealkylation sites (tertiary alicyclic amines) is 1. The Hall–Kier alpha value is -4.02. The summed E-state index contributed by atoms with van der Waals surface area (Å²) in [6, 6.07) is 18.4. The van der Waals surface area contributed by atoms with Crippen molar-refractivity contribution >= 4 is 35.3 Å². The normalized spacial score (nSPS) is 22.4. The summed E-state index contributed by atoms with van der Waals surface area (Å²) in [5.41, 5.74) is 1.74. The second kappa shape index (κ2) is 13.8. The summed E-state index contributed by atoms with van der Waals surface area (Å²) in [5.74, 6) is 2.74. The molecule has 1 saturated carbocycles. The summed E-state index contributed by atoms with van der Waals surface area (Å²) in [5, 5.41) is 11.0. The van der Waals surface area contributed by atoms with Gasteiger partial charge in [-0.05, 0) is 67.3 Å². The summed E-state index contributed by atoms with van der Waals surface area (Å²) >= 11 is 1.59. The molecule has 3 aromatic rings. The Balaban J connectivity index is 0.000000227. The third-order valence-electron chi connectivity index (χ3n) is 8.09. The van der Waals surface area contributed by atoms with Crippen LogP contribution in [0.25, 0.3) is 0 Å². The van der Waals surface area contributed by atoms with Gasteiger partial charge in [0.1, 0.15) is 29.7 Å². The van der Waals surface area contributed by atoms with Crippen LogP contribution in [0, 0.1) is 11.3 Å². The van der Waals surface area contributed by atoms with Gasteiger partial charge in [-0.3, -0.25) is 19.4 Å². The SMILES string of the molecule is CN=C(NC)c1csc(CNC(=O)C2C[C@]3(C)C(C)C3N2C(=O)CNC)c1.O=Cc1ccc(Oc2ccccc2)cc1. The standard InChI is InChI=1S/C19H29N5O2S.C13H10O2/c1-11-16-19(11,2)7-14(24(16)15(25)9-20-3)18(26)23-8-13-6-12(10-27-13)17(21-4)22-5;14-10-11-6-8-13(9-7-11)15-12-4-2-1-3-5-12/h6,10-11,14,16,20H,7-9H2,1-5H3,(H,21,22)(H,23,26);1-10H/t11?,14?,16?,19-;/m1./s1. The van der Waals surface area contributed by atoms with Gasteiger partial charge in [-0.15, -0.1) is 11.3 Å². The van der Waals surface area contributed by atoms with Crippen molar-refractivity contribution in [2.45, 2.75) is 38.9 Å². The molecule has 1 aliphatic carbocycles. The van der Waals surface area contributed by atoms with Gasteiger partial charge in [0.25, 0.3) is 0 Å². The maximum atomic E-state index is 12.8. The van der Waals surface area contributed by atoms with Gasteiger partial charge in [-0.1, -0.05) is 32.0 Å². The van der Waals surface area contributed by atoms with E-state index in [4.69, 9.17) is 4.74 Å². The molecule has 2 aliphatic rings. The molecule has 42 heavy (non-hydrogen) atoms. The van der Waals surface area contributed by atoms with Crippen LogP contribution in [-0.2, 0) is 16.1 Å². The van der Waals surface area contributed by atoms with Crippen LogP contribution < -0.4 is 20.7 Å². The largest absolute Gasteiger partial charge is 0.457 e. The van der Waals surface area contributed by atoms with E-state index in [9.17, 15) is 14.4 Å². The Bertz CT molecular complexity index is 1410. The first-order valence-corrected chi connectivity index (χ1v) is 14.9. The van der Waals surface area contributed by atoms with E-state index in [0.717, 1.165) is 40.5 Å². The Morgan fingerprint density at radius 2 is 1.81 bits per heavy atom. The van der Waals surface area contributed by atoms with Crippen molar-refractivity contribution in [3.63, 3.8) is 0 Å². The number of likely N-dealkylation sites (N-methyl/N-ethyl adjacent to an activating group) is 1. The predicted molar refractivity (Wildman–Crippen MR) is 166 cm³/mol. The quantitative estimate of drug-likeness (QED) is 0.197. The Morgan fingerprint density at radius 3 is 2.43 bits per heavy atom. The number of fused-ring (bicyclic) bond motifs is 1. The zero-order valence-electron chi connectivity index (χ0n) is 24.7. The molecule has 2 aromatic carbocycles. The van der Waals surface area contributed by atoms with Crippen LogP contribution in [0.2, 0.25) is 0 Å². The number of carbonyl (C=O) groups is 3. The lowest BCUT2D eigenvalue weighted by atomic mass is 9.98. The van der Waals surface area contributed by atoms with E-state index < -0.39 is 0 Å². The number of thiophene rings is 1. The summed E-state index contributed by atoms with van der Waals surface area (Å²) in [6.07, 6.45) is 1.55. The third-order valence-corrected chi connectivity index (χ3v) is 9.02. The van der Waals surface area contributed by atoms with Crippen LogP contribution >= 0.6 is 11.3 Å². The fraction of sp³-hybridized carbons (Fsp3) is 0.375. The van der Waals surface area contributed by atoms with Gasteiger partial charge in [-0.25, -0.2) is 0 Å². The van der Waals surface area contributed by atoms with Crippen LogP contribution in [0.4, 0.5) is 0 Å². The molecular formula is C32H39N5O4S. The number of aliphatic imine (C=N–C) groups is 1. The number of piperidine rings is 1. The van der Waals surface area contributed by atoms with Crippen molar-refractivity contribution < 1.29 is 19.1 Å². The fourth-order valence-corrected chi connectivity index (χ4v) is 6.45. The highest BCUT2D eigenvalue weighted by molar-refractivity contribution is 7.10. The van der Waals surface area contributed by atoms with Gasteiger partial charge in [-0.2, -0.15) is 0 Å². The van der Waals surface area contributed by atoms with Gasteiger partial charge >= 0.3 is 0 Å². The molecule has 2 amide bonds. The van der Waals surface area contributed by atoms with Gasteiger partial charge in [0, 0.05) is 41.5 Å². The molecule has 9 nitrogen and oxygen atoms in total. The molecule has 2 fully saturated rings. The van der Waals surface area contributed by atoms with Gasteiger partial charge < -0.3 is 25.6 Å². The molecule has 0 radical (unpaired) electrons. The number of hydrogen-bond acceptors (Lipinski definition) is 7. The molecule has 5 rings (SSSR count). The maximum absolute atomic E-state index is 12.8. The molecule has 4 atom stereocenters. The second-order valence-corrected chi connectivity index (χ2v) is 11.7. The Morgan fingerprint density at radius 1 is 1.12 bits per heavy atom. The van der Waals surface area contributed by atoms with E-state index >= 15 is 0 Å². The average Bonchev–Trinajstić information content (AvgIpc) is 3.34. The van der Waals surface area contributed by atoms with Crippen LogP contribution in [0.15, 0.2) is 71.0 Å². The maximum Gasteiger partial charge on any atom is 0.243 e. The molecule has 0 spiro atoms. The number of benzene rings is 2. The van der Waals surface area contributed by atoms with Crippen LogP contribution in [0.1, 0.15) is 41.1 Å². The summed E-state index contributed by atoms with van der Waals surface area (Å²) in [7, 11) is 5.34. The number of hydrogen-bond donors (Lipinski definition) is 3. The number of nitrogens with zero attached hydrogens (tertiary/aromatic N) is 2. The molecule has 10 heteroatoms. The van der Waals surface area contributed by atoms with E-state index in [2.05, 4.69) is 34.8 Å². The van der Waals surface area contributed by atoms with E-state index in [1.807, 2.05) is 53.7 Å². The second-order valence-electron chi connectivity index (χ2n) is 10.7. The first kappa shape index (κ1) is 30.9. The Labute approximate surface area is 251 Å². The topological polar surface area (TPSA) is 112 Å².